The molecular weight excluding hydrogens is 380 g/mol. The first-order valence-corrected chi connectivity index (χ1v) is 11.2. The predicted octanol–water partition coefficient (Wildman–Crippen LogP) is 4.32. The van der Waals surface area contributed by atoms with Crippen LogP contribution in [0.25, 0.3) is 0 Å². The molecule has 3 rings (SSSR count). The molecule has 1 N–H and O–H groups in total. The van der Waals surface area contributed by atoms with Gasteiger partial charge in [-0.25, -0.2) is 8.42 Å². The van der Waals surface area contributed by atoms with Crippen molar-refractivity contribution in [3.05, 3.63) is 58.1 Å². The summed E-state index contributed by atoms with van der Waals surface area (Å²) in [5, 5.41) is 14.2. The fraction of sp³-hybridized carbons (Fsp3) is 0.400. The predicted molar refractivity (Wildman–Crippen MR) is 107 cm³/mol. The van der Waals surface area contributed by atoms with Gasteiger partial charge in [0, 0.05) is 24.6 Å². The molecule has 150 valence electrons. The normalized spacial score (nSPS) is 15.2. The van der Waals surface area contributed by atoms with Crippen LogP contribution in [0.1, 0.15) is 37.7 Å². The summed E-state index contributed by atoms with van der Waals surface area (Å²) in [6, 6.07) is 11.8. The molecule has 0 unspecified atom stereocenters. The van der Waals surface area contributed by atoms with Crippen molar-refractivity contribution >= 4 is 21.2 Å². The lowest BCUT2D eigenvalue weighted by molar-refractivity contribution is -0.387. The maximum Gasteiger partial charge on any atom is 0.288 e. The Labute approximate surface area is 164 Å². The number of nitrogens with zero attached hydrogens (tertiary/aromatic N) is 1. The van der Waals surface area contributed by atoms with Crippen molar-refractivity contribution < 1.29 is 18.1 Å². The molecule has 7 nitrogen and oxygen atoms in total. The van der Waals surface area contributed by atoms with Crippen molar-refractivity contribution in [1.29, 1.82) is 0 Å². The van der Waals surface area contributed by atoms with E-state index in [4.69, 9.17) is 4.74 Å². The molecular formula is C20H24N2O5S. The second kappa shape index (κ2) is 8.60. The van der Waals surface area contributed by atoms with Gasteiger partial charge in [0.1, 0.15) is 10.6 Å². The number of rotatable bonds is 7. The van der Waals surface area contributed by atoms with E-state index < -0.39 is 20.4 Å². The van der Waals surface area contributed by atoms with E-state index in [-0.39, 0.29) is 4.90 Å². The molecule has 2 aromatic rings. The smallest absolute Gasteiger partial charge is 0.288 e. The summed E-state index contributed by atoms with van der Waals surface area (Å²) in [6.45, 7) is 0.463. The summed E-state index contributed by atoms with van der Waals surface area (Å²) in [6.07, 6.45) is 7.19. The molecule has 8 heteroatoms. The standard InChI is InChI=1S/C20H24N2O5S/c1-28(25,26)20-13-16(9-12-19(20)22(23)24)21-14-15-7-10-18(11-8-15)27-17-5-3-2-4-6-17/h7-13,17,21H,2-6,14H2,1H3. The van der Waals surface area contributed by atoms with Gasteiger partial charge in [0.05, 0.1) is 11.0 Å². The first-order chi connectivity index (χ1) is 13.3. The minimum absolute atomic E-state index is 0.293. The van der Waals surface area contributed by atoms with Crippen LogP contribution in [0.5, 0.6) is 5.75 Å². The minimum Gasteiger partial charge on any atom is -0.490 e. The van der Waals surface area contributed by atoms with Crippen LogP contribution >= 0.6 is 0 Å². The number of hydrogen-bond acceptors (Lipinski definition) is 6. The number of nitro benzene ring substituents is 1. The van der Waals surface area contributed by atoms with E-state index in [0.717, 1.165) is 30.4 Å². The van der Waals surface area contributed by atoms with Crippen molar-refractivity contribution in [2.75, 3.05) is 11.6 Å². The lowest BCUT2D eigenvalue weighted by Gasteiger charge is -2.23. The molecule has 0 amide bonds. The number of nitrogens with one attached hydrogen (secondary N) is 1. The van der Waals surface area contributed by atoms with Crippen LogP contribution in [0.2, 0.25) is 0 Å². The van der Waals surface area contributed by atoms with Crippen LogP contribution < -0.4 is 10.1 Å². The van der Waals surface area contributed by atoms with Crippen molar-refractivity contribution in [2.45, 2.75) is 49.6 Å². The van der Waals surface area contributed by atoms with E-state index in [1.165, 1.54) is 37.5 Å². The Balaban J connectivity index is 1.64. The number of hydrogen-bond donors (Lipinski definition) is 1. The summed E-state index contributed by atoms with van der Waals surface area (Å²) >= 11 is 0. The zero-order chi connectivity index (χ0) is 20.1. The van der Waals surface area contributed by atoms with E-state index in [1.54, 1.807) is 0 Å². The van der Waals surface area contributed by atoms with E-state index in [0.29, 0.717) is 18.3 Å². The Morgan fingerprint density at radius 3 is 2.39 bits per heavy atom. The Bertz CT molecular complexity index is 936. The van der Waals surface area contributed by atoms with Gasteiger partial charge in [-0.15, -0.1) is 0 Å². The zero-order valence-electron chi connectivity index (χ0n) is 15.8. The van der Waals surface area contributed by atoms with Gasteiger partial charge in [-0.1, -0.05) is 18.6 Å². The van der Waals surface area contributed by atoms with Gasteiger partial charge in [-0.05, 0) is 55.5 Å². The molecule has 1 fully saturated rings. The van der Waals surface area contributed by atoms with Crippen LogP contribution in [-0.2, 0) is 16.4 Å². The van der Waals surface area contributed by atoms with Crippen molar-refractivity contribution in [2.24, 2.45) is 0 Å². The van der Waals surface area contributed by atoms with E-state index in [2.05, 4.69) is 5.32 Å². The summed E-state index contributed by atoms with van der Waals surface area (Å²) in [5.41, 5.74) is 1.08. The highest BCUT2D eigenvalue weighted by Crippen LogP contribution is 2.28. The van der Waals surface area contributed by atoms with Gasteiger partial charge in [0.2, 0.25) is 0 Å². The van der Waals surface area contributed by atoms with Crippen LogP contribution in [-0.4, -0.2) is 25.7 Å². The quantitative estimate of drug-likeness (QED) is 0.545. The number of nitro groups is 1. The van der Waals surface area contributed by atoms with Crippen LogP contribution in [0.3, 0.4) is 0 Å². The second-order valence-electron chi connectivity index (χ2n) is 7.09. The number of ether oxygens (including phenoxy) is 1. The molecule has 0 aliphatic heterocycles. The Kier molecular flexibility index (Phi) is 6.18. The van der Waals surface area contributed by atoms with E-state index in [9.17, 15) is 18.5 Å². The van der Waals surface area contributed by atoms with Gasteiger partial charge >= 0.3 is 0 Å². The molecule has 0 saturated heterocycles. The maximum atomic E-state index is 11.8. The molecule has 0 radical (unpaired) electrons. The zero-order valence-corrected chi connectivity index (χ0v) is 16.6. The first kappa shape index (κ1) is 20.1. The average molecular weight is 404 g/mol. The monoisotopic (exact) mass is 404 g/mol. The molecule has 1 aliphatic carbocycles. The van der Waals surface area contributed by atoms with Gasteiger partial charge in [0.15, 0.2) is 9.84 Å². The lowest BCUT2D eigenvalue weighted by atomic mass is 9.98. The van der Waals surface area contributed by atoms with E-state index >= 15 is 0 Å². The van der Waals surface area contributed by atoms with Crippen LogP contribution in [0.4, 0.5) is 11.4 Å². The number of benzene rings is 2. The maximum absolute atomic E-state index is 11.8. The van der Waals surface area contributed by atoms with Gasteiger partial charge in [-0.3, -0.25) is 10.1 Å². The topological polar surface area (TPSA) is 98.5 Å². The average Bonchev–Trinajstić information content (AvgIpc) is 2.67. The van der Waals surface area contributed by atoms with Crippen molar-refractivity contribution in [3.63, 3.8) is 0 Å². The Morgan fingerprint density at radius 1 is 1.11 bits per heavy atom. The summed E-state index contributed by atoms with van der Waals surface area (Å²) in [5.74, 6) is 0.852. The molecule has 0 aromatic heterocycles. The fourth-order valence-electron chi connectivity index (χ4n) is 3.34. The highest BCUT2D eigenvalue weighted by atomic mass is 32.2. The van der Waals surface area contributed by atoms with Crippen molar-refractivity contribution in [3.8, 4) is 5.75 Å². The SMILES string of the molecule is CS(=O)(=O)c1cc(NCc2ccc(OC3CCCCC3)cc2)ccc1[N+](=O)[O-]. The third-order valence-electron chi connectivity index (χ3n) is 4.83. The van der Waals surface area contributed by atoms with Gasteiger partial charge in [-0.2, -0.15) is 0 Å². The molecule has 28 heavy (non-hydrogen) atoms. The Morgan fingerprint density at radius 2 is 1.79 bits per heavy atom. The second-order valence-corrected chi connectivity index (χ2v) is 9.07. The summed E-state index contributed by atoms with van der Waals surface area (Å²) < 4.78 is 29.7. The third kappa shape index (κ3) is 5.22. The molecule has 0 atom stereocenters. The highest BCUT2D eigenvalue weighted by molar-refractivity contribution is 7.90. The Hall–Kier alpha value is -2.61. The molecule has 2 aromatic carbocycles. The highest BCUT2D eigenvalue weighted by Gasteiger charge is 2.22. The largest absolute Gasteiger partial charge is 0.490 e. The van der Waals surface area contributed by atoms with Gasteiger partial charge < -0.3 is 10.1 Å². The minimum atomic E-state index is -3.70. The van der Waals surface area contributed by atoms with Crippen LogP contribution in [0, 0.1) is 10.1 Å². The van der Waals surface area contributed by atoms with Crippen LogP contribution in [0.15, 0.2) is 47.4 Å². The molecule has 0 heterocycles. The number of sulfone groups is 1. The first-order valence-electron chi connectivity index (χ1n) is 9.31. The molecule has 0 bridgehead atoms. The van der Waals surface area contributed by atoms with Crippen molar-refractivity contribution in [1.82, 2.24) is 0 Å². The molecule has 1 aliphatic rings. The lowest BCUT2D eigenvalue weighted by Crippen LogP contribution is -2.19. The fourth-order valence-corrected chi connectivity index (χ4v) is 4.20. The van der Waals surface area contributed by atoms with E-state index in [1.807, 2.05) is 24.3 Å². The summed E-state index contributed by atoms with van der Waals surface area (Å²) in [4.78, 5) is 10.1. The summed E-state index contributed by atoms with van der Waals surface area (Å²) in [7, 11) is -3.70. The van der Waals surface area contributed by atoms with Gasteiger partial charge in [0.25, 0.3) is 5.69 Å². The third-order valence-corrected chi connectivity index (χ3v) is 5.96. The number of anilines is 1. The molecule has 1 saturated carbocycles. The molecule has 0 spiro atoms.